The highest BCUT2D eigenvalue weighted by Crippen LogP contribution is 2.62. The lowest BCUT2D eigenvalue weighted by Crippen LogP contribution is -2.52. The molecule has 1 unspecified atom stereocenters. The number of carbonyl (C=O) groups is 2. The quantitative estimate of drug-likeness (QED) is 0.409. The van der Waals surface area contributed by atoms with Gasteiger partial charge in [-0.2, -0.15) is 5.10 Å². The number of anilines is 1. The van der Waals surface area contributed by atoms with Gasteiger partial charge in [0.05, 0.1) is 30.7 Å². The van der Waals surface area contributed by atoms with E-state index in [1.807, 2.05) is 27.7 Å². The fraction of sp³-hybridized carbons (Fsp3) is 0.387. The summed E-state index contributed by atoms with van der Waals surface area (Å²) in [5, 5.41) is 9.94. The van der Waals surface area contributed by atoms with Crippen LogP contribution in [0.4, 0.5) is 14.5 Å². The number of hydrogen-bond acceptors (Lipinski definition) is 6. The number of rotatable bonds is 7. The maximum atomic E-state index is 15.4. The maximum Gasteiger partial charge on any atom is 0.270 e. The van der Waals surface area contributed by atoms with Crippen molar-refractivity contribution in [3.8, 4) is 5.75 Å². The maximum absolute atomic E-state index is 15.4. The molecule has 0 saturated heterocycles. The van der Waals surface area contributed by atoms with E-state index in [1.54, 1.807) is 22.9 Å². The van der Waals surface area contributed by atoms with Crippen LogP contribution < -0.4 is 15.4 Å². The predicted octanol–water partition coefficient (Wildman–Crippen LogP) is 5.08. The van der Waals surface area contributed by atoms with Crippen molar-refractivity contribution in [3.63, 3.8) is 0 Å². The van der Waals surface area contributed by atoms with E-state index in [0.29, 0.717) is 25.1 Å². The molecule has 2 atom stereocenters. The van der Waals surface area contributed by atoms with E-state index < -0.39 is 40.8 Å². The number of nitrogens with zero attached hydrogens (tertiary/aromatic N) is 4. The average molecular weight is 575 g/mol. The van der Waals surface area contributed by atoms with Crippen LogP contribution in [0.15, 0.2) is 53.3 Å². The summed E-state index contributed by atoms with van der Waals surface area (Å²) >= 11 is 0. The van der Waals surface area contributed by atoms with Crippen molar-refractivity contribution in [2.75, 3.05) is 18.5 Å². The molecule has 11 heteroatoms. The lowest BCUT2D eigenvalue weighted by molar-refractivity contribution is -0.119. The molecule has 1 aliphatic carbocycles. The third-order valence-electron chi connectivity index (χ3n) is 8.39. The number of halogens is 2. The zero-order valence-electron chi connectivity index (χ0n) is 23.9. The Bertz CT molecular complexity index is 1640. The van der Waals surface area contributed by atoms with Crippen molar-refractivity contribution in [2.45, 2.75) is 58.5 Å². The van der Waals surface area contributed by atoms with Crippen LogP contribution in [0.3, 0.4) is 0 Å². The number of pyridine rings is 1. The first kappa shape index (κ1) is 27.7. The molecule has 1 spiro atoms. The van der Waals surface area contributed by atoms with E-state index >= 15 is 4.39 Å². The Balaban J connectivity index is 1.36. The standard InChI is InChI=1S/C31H32F2N6O3/c1-16(2)39-23(9-12-36-39)29(40)38-27(26-25-20(32)6-7-21(33)28(25)42-15-31(26)10-11-31)30(41)37-19-5-8-22(35-14-19)24-17(3)13-34-18(24)4/h5-9,12,14,16,26-27H,10-11,13,15H2,1-4H3,(H,37,41)(H,38,40)/t26?,27-/m0/s1. The molecule has 1 fully saturated rings. The van der Waals surface area contributed by atoms with E-state index in [9.17, 15) is 14.0 Å². The molecule has 1 aromatic carbocycles. The Labute approximate surface area is 242 Å². The summed E-state index contributed by atoms with van der Waals surface area (Å²) in [7, 11) is 0. The van der Waals surface area contributed by atoms with Gasteiger partial charge in [0.1, 0.15) is 17.6 Å². The highest BCUT2D eigenvalue weighted by molar-refractivity contribution is 6.24. The molecule has 0 bridgehead atoms. The van der Waals surface area contributed by atoms with Crippen LogP contribution in [0.2, 0.25) is 0 Å². The van der Waals surface area contributed by atoms with Gasteiger partial charge in [0, 0.05) is 40.4 Å². The van der Waals surface area contributed by atoms with E-state index in [4.69, 9.17) is 4.74 Å². The second kappa shape index (κ2) is 10.5. The molecule has 218 valence electrons. The number of aliphatic imine (C=N–C) groups is 1. The van der Waals surface area contributed by atoms with Crippen LogP contribution in [-0.4, -0.2) is 51.5 Å². The highest BCUT2D eigenvalue weighted by atomic mass is 19.1. The van der Waals surface area contributed by atoms with Crippen molar-refractivity contribution >= 4 is 28.8 Å². The first-order chi connectivity index (χ1) is 20.1. The number of hydrogen-bond donors (Lipinski definition) is 2. The molecule has 2 N–H and O–H groups in total. The van der Waals surface area contributed by atoms with Gasteiger partial charge < -0.3 is 15.4 Å². The number of aromatic nitrogens is 3. The van der Waals surface area contributed by atoms with Crippen molar-refractivity contribution in [1.29, 1.82) is 0 Å². The molecule has 3 aliphatic rings. The molecule has 2 aliphatic heterocycles. The van der Waals surface area contributed by atoms with Gasteiger partial charge in [0.2, 0.25) is 5.91 Å². The molecule has 2 amide bonds. The van der Waals surface area contributed by atoms with Crippen molar-refractivity contribution in [3.05, 3.63) is 76.9 Å². The Hall–Kier alpha value is -4.41. The molecular formula is C31H32F2N6O3. The number of nitrogens with one attached hydrogen (secondary N) is 2. The molecule has 1 saturated carbocycles. The fourth-order valence-electron chi connectivity index (χ4n) is 6.10. The van der Waals surface area contributed by atoms with Crippen LogP contribution in [0.25, 0.3) is 5.57 Å². The minimum absolute atomic E-state index is 0.0385. The van der Waals surface area contributed by atoms with Gasteiger partial charge in [-0.05, 0) is 76.4 Å². The predicted molar refractivity (Wildman–Crippen MR) is 154 cm³/mol. The Kier molecular flexibility index (Phi) is 6.90. The molecule has 3 aromatic rings. The summed E-state index contributed by atoms with van der Waals surface area (Å²) in [6.07, 6.45) is 4.33. The summed E-state index contributed by atoms with van der Waals surface area (Å²) in [6.45, 7) is 8.44. The second-order valence-corrected chi connectivity index (χ2v) is 11.6. The van der Waals surface area contributed by atoms with Gasteiger partial charge in [0.25, 0.3) is 5.91 Å². The van der Waals surface area contributed by atoms with Crippen molar-refractivity contribution in [1.82, 2.24) is 20.1 Å². The van der Waals surface area contributed by atoms with E-state index in [-0.39, 0.29) is 29.7 Å². The topological polar surface area (TPSA) is 110 Å². The average Bonchev–Trinajstić information content (AvgIpc) is 3.38. The number of fused-ring (bicyclic) bond motifs is 1. The lowest BCUT2D eigenvalue weighted by Gasteiger charge is -2.38. The van der Waals surface area contributed by atoms with Gasteiger partial charge in [-0.3, -0.25) is 24.2 Å². The largest absolute Gasteiger partial charge is 0.489 e. The zero-order valence-corrected chi connectivity index (χ0v) is 23.9. The molecule has 6 rings (SSSR count). The Morgan fingerprint density at radius 3 is 2.50 bits per heavy atom. The monoisotopic (exact) mass is 574 g/mol. The van der Waals surface area contributed by atoms with E-state index in [1.165, 1.54) is 12.4 Å². The first-order valence-corrected chi connectivity index (χ1v) is 14.0. The zero-order chi connectivity index (χ0) is 29.8. The van der Waals surface area contributed by atoms with Crippen LogP contribution in [0, 0.1) is 17.0 Å². The molecule has 42 heavy (non-hydrogen) atoms. The summed E-state index contributed by atoms with van der Waals surface area (Å²) in [5.74, 6) is -3.62. The van der Waals surface area contributed by atoms with Crippen LogP contribution >= 0.6 is 0 Å². The van der Waals surface area contributed by atoms with Gasteiger partial charge in [-0.15, -0.1) is 0 Å². The van der Waals surface area contributed by atoms with Crippen LogP contribution in [0.5, 0.6) is 5.75 Å². The third-order valence-corrected chi connectivity index (χ3v) is 8.39. The normalized spacial score (nSPS) is 19.3. The van der Waals surface area contributed by atoms with Gasteiger partial charge in [-0.25, -0.2) is 8.78 Å². The number of amides is 2. The first-order valence-electron chi connectivity index (χ1n) is 14.0. The molecule has 2 aromatic heterocycles. The Morgan fingerprint density at radius 1 is 1.10 bits per heavy atom. The Morgan fingerprint density at radius 2 is 1.86 bits per heavy atom. The number of allylic oxidation sites excluding steroid dienone is 1. The van der Waals surface area contributed by atoms with E-state index in [2.05, 4.69) is 25.7 Å². The van der Waals surface area contributed by atoms with Crippen LogP contribution in [-0.2, 0) is 4.79 Å². The second-order valence-electron chi connectivity index (χ2n) is 11.6. The van der Waals surface area contributed by atoms with Gasteiger partial charge in [-0.1, -0.05) is 0 Å². The van der Waals surface area contributed by atoms with Crippen LogP contribution in [0.1, 0.15) is 74.2 Å². The SMILES string of the molecule is CC1=NCC(C)=C1c1ccc(NC(=O)[C@@H](NC(=O)c2ccnn2C(C)C)C2c3c(F)ccc(F)c3OCC23CC3)cn1. The lowest BCUT2D eigenvalue weighted by atomic mass is 9.75. The summed E-state index contributed by atoms with van der Waals surface area (Å²) in [5.41, 5.74) is 3.73. The minimum Gasteiger partial charge on any atom is -0.489 e. The van der Waals surface area contributed by atoms with Crippen molar-refractivity contribution in [2.24, 2.45) is 10.4 Å². The number of benzene rings is 1. The molecular weight excluding hydrogens is 542 g/mol. The smallest absolute Gasteiger partial charge is 0.270 e. The van der Waals surface area contributed by atoms with Crippen molar-refractivity contribution < 1.29 is 23.1 Å². The van der Waals surface area contributed by atoms with Gasteiger partial charge >= 0.3 is 0 Å². The highest BCUT2D eigenvalue weighted by Gasteiger charge is 2.59. The molecule has 9 nitrogen and oxygen atoms in total. The minimum atomic E-state index is -1.25. The summed E-state index contributed by atoms with van der Waals surface area (Å²) in [4.78, 5) is 36.6. The van der Waals surface area contributed by atoms with E-state index in [0.717, 1.165) is 34.7 Å². The fourth-order valence-corrected chi connectivity index (χ4v) is 6.10. The number of ether oxygens (including phenoxy) is 1. The van der Waals surface area contributed by atoms with Gasteiger partial charge in [0.15, 0.2) is 11.6 Å². The third kappa shape index (κ3) is 4.76. The molecule has 4 heterocycles. The summed E-state index contributed by atoms with van der Waals surface area (Å²) in [6, 6.07) is 5.76. The summed E-state index contributed by atoms with van der Waals surface area (Å²) < 4.78 is 37.5. The molecule has 0 radical (unpaired) electrons. The number of carbonyl (C=O) groups excluding carboxylic acids is 2.